The predicted molar refractivity (Wildman–Crippen MR) is 145 cm³/mol. The molecule has 0 bridgehead atoms. The van der Waals surface area contributed by atoms with Crippen molar-refractivity contribution < 1.29 is 43.5 Å². The zero-order valence-electron chi connectivity index (χ0n) is 21.0. The number of nitrogens with one attached hydrogen (secondary N) is 2. The molecule has 6 N–H and O–H groups in total. The molecule has 3 heterocycles. The molecule has 2 aromatic carbocycles. The number of carboxylic acid groups (broad SMARTS) is 1. The summed E-state index contributed by atoms with van der Waals surface area (Å²) >= 11 is 1.36. The Labute approximate surface area is 236 Å². The first-order valence-electron chi connectivity index (χ1n) is 12.1. The van der Waals surface area contributed by atoms with Crippen molar-refractivity contribution >= 4 is 49.6 Å². The standard InChI is InChI=1S/C24H22BN4O10PS/c30-20(16-11-26-24-29(22(16)32)8-9-41-24)28-18(12-4-6-14(7-5-12)40(36,37)38)21(31)27-17-10-13-2-1-3-15(23(33)34)19(13)39-25(17)35/h1-7,11,17-18,35H,8-10H2,(H,27,31)(H,28,30)(H,33,34)(H2,36,37,38)/t17-,18+/m0/s1. The summed E-state index contributed by atoms with van der Waals surface area (Å²) in [5, 5.41) is 25.2. The SMILES string of the molecule is O=C(O)c1cccc2c1OB(O)[C@@H](NC(=O)[C@H](NC(=O)c1cnc3n(c1=O)CCS3)c1ccc(P(=O)(O)O)cc1)C2. The summed E-state index contributed by atoms with van der Waals surface area (Å²) in [5.74, 6) is -3.47. The van der Waals surface area contributed by atoms with Crippen LogP contribution in [0.5, 0.6) is 5.75 Å². The third kappa shape index (κ3) is 5.78. The molecule has 212 valence electrons. The van der Waals surface area contributed by atoms with Gasteiger partial charge in [0.1, 0.15) is 17.4 Å². The minimum Gasteiger partial charge on any atom is -0.534 e. The normalized spacial score (nSPS) is 16.7. The minimum absolute atomic E-state index is 0.00503. The number of benzene rings is 2. The average molecular weight is 600 g/mol. The van der Waals surface area contributed by atoms with Crippen molar-refractivity contribution in [2.24, 2.45) is 0 Å². The number of thioether (sulfide) groups is 1. The van der Waals surface area contributed by atoms with Gasteiger partial charge in [0.2, 0.25) is 5.91 Å². The first-order chi connectivity index (χ1) is 19.4. The van der Waals surface area contributed by atoms with E-state index in [1.54, 1.807) is 6.07 Å². The van der Waals surface area contributed by atoms with Crippen molar-refractivity contribution in [3.8, 4) is 5.75 Å². The van der Waals surface area contributed by atoms with Crippen LogP contribution in [-0.4, -0.2) is 66.1 Å². The van der Waals surface area contributed by atoms with Crippen LogP contribution < -0.4 is 26.2 Å². The molecule has 41 heavy (non-hydrogen) atoms. The van der Waals surface area contributed by atoms with Crippen molar-refractivity contribution in [1.82, 2.24) is 20.2 Å². The van der Waals surface area contributed by atoms with Gasteiger partial charge in [0.05, 0.1) is 16.8 Å². The van der Waals surface area contributed by atoms with Gasteiger partial charge in [-0.3, -0.25) is 23.5 Å². The number of hydrogen-bond acceptors (Lipinski definition) is 9. The molecule has 5 rings (SSSR count). The number of para-hydroxylation sites is 1. The molecule has 2 amide bonds. The molecule has 2 aliphatic rings. The van der Waals surface area contributed by atoms with E-state index in [0.29, 0.717) is 23.0 Å². The Bertz CT molecular complexity index is 1660. The van der Waals surface area contributed by atoms with Crippen LogP contribution in [0.15, 0.2) is 58.6 Å². The zero-order valence-corrected chi connectivity index (χ0v) is 22.7. The second kappa shape index (κ2) is 11.1. The quantitative estimate of drug-likeness (QED) is 0.115. The van der Waals surface area contributed by atoms with E-state index in [9.17, 15) is 43.7 Å². The van der Waals surface area contributed by atoms with Gasteiger partial charge in [-0.15, -0.1) is 0 Å². The summed E-state index contributed by atoms with van der Waals surface area (Å²) in [5.41, 5.74) is -0.512. The highest BCUT2D eigenvalue weighted by Crippen LogP contribution is 2.33. The molecule has 1 aromatic heterocycles. The van der Waals surface area contributed by atoms with Crippen LogP contribution >= 0.6 is 19.4 Å². The summed E-state index contributed by atoms with van der Waals surface area (Å²) < 4.78 is 18.4. The van der Waals surface area contributed by atoms with E-state index in [2.05, 4.69) is 15.6 Å². The van der Waals surface area contributed by atoms with E-state index < -0.39 is 50.0 Å². The summed E-state index contributed by atoms with van der Waals surface area (Å²) in [4.78, 5) is 74.1. The molecule has 0 spiro atoms. The third-order valence-electron chi connectivity index (χ3n) is 6.58. The highest BCUT2D eigenvalue weighted by molar-refractivity contribution is 7.99. The number of aromatic nitrogens is 2. The summed E-state index contributed by atoms with van der Waals surface area (Å²) in [6.45, 7) is 0.366. The summed E-state index contributed by atoms with van der Waals surface area (Å²) in [7, 11) is -6.23. The van der Waals surface area contributed by atoms with Crippen molar-refractivity contribution in [3.63, 3.8) is 0 Å². The lowest BCUT2D eigenvalue weighted by atomic mass is 9.72. The van der Waals surface area contributed by atoms with Crippen molar-refractivity contribution in [3.05, 3.63) is 81.3 Å². The Morgan fingerprint density at radius 3 is 2.56 bits per heavy atom. The van der Waals surface area contributed by atoms with Crippen molar-refractivity contribution in [2.75, 3.05) is 5.75 Å². The van der Waals surface area contributed by atoms with E-state index in [0.717, 1.165) is 18.3 Å². The molecule has 0 unspecified atom stereocenters. The second-order valence-corrected chi connectivity index (χ2v) is 11.9. The Morgan fingerprint density at radius 1 is 1.15 bits per heavy atom. The maximum atomic E-state index is 13.5. The van der Waals surface area contributed by atoms with Gasteiger partial charge in [0.15, 0.2) is 5.16 Å². The van der Waals surface area contributed by atoms with Gasteiger partial charge in [0, 0.05) is 18.5 Å². The Hall–Kier alpha value is -3.95. The molecule has 3 aromatic rings. The molecule has 17 heteroatoms. The van der Waals surface area contributed by atoms with Gasteiger partial charge in [-0.1, -0.05) is 36.0 Å². The number of carboxylic acids is 1. The maximum absolute atomic E-state index is 13.5. The first-order valence-corrected chi connectivity index (χ1v) is 14.7. The van der Waals surface area contributed by atoms with E-state index in [1.165, 1.54) is 40.6 Å². The minimum atomic E-state index is -4.59. The highest BCUT2D eigenvalue weighted by atomic mass is 32.2. The molecular formula is C24H22BN4O10PS. The van der Waals surface area contributed by atoms with Crippen LogP contribution in [0.4, 0.5) is 0 Å². The molecule has 0 radical (unpaired) electrons. The van der Waals surface area contributed by atoms with Crippen LogP contribution in [0.2, 0.25) is 0 Å². The average Bonchev–Trinajstić information content (AvgIpc) is 3.41. The Balaban J connectivity index is 1.43. The number of fused-ring (bicyclic) bond motifs is 2. The van der Waals surface area contributed by atoms with E-state index in [-0.39, 0.29) is 34.2 Å². The fourth-order valence-corrected chi connectivity index (χ4v) is 5.98. The van der Waals surface area contributed by atoms with Crippen molar-refractivity contribution in [2.45, 2.75) is 30.1 Å². The zero-order chi connectivity index (χ0) is 29.5. The lowest BCUT2D eigenvalue weighted by Crippen LogP contribution is -2.55. The van der Waals surface area contributed by atoms with Crippen LogP contribution in [0.1, 0.15) is 37.9 Å². The third-order valence-corrected chi connectivity index (χ3v) is 8.52. The Kier molecular flexibility index (Phi) is 7.77. The molecule has 0 saturated heterocycles. The molecule has 14 nitrogen and oxygen atoms in total. The molecule has 0 saturated carbocycles. The molecule has 2 atom stereocenters. The predicted octanol–water partition coefficient (Wildman–Crippen LogP) is -0.539. The van der Waals surface area contributed by atoms with E-state index >= 15 is 0 Å². The van der Waals surface area contributed by atoms with Crippen LogP contribution in [-0.2, 0) is 22.3 Å². The molecule has 0 fully saturated rings. The highest BCUT2D eigenvalue weighted by Gasteiger charge is 2.39. The van der Waals surface area contributed by atoms with E-state index in [1.807, 2.05) is 0 Å². The lowest BCUT2D eigenvalue weighted by Gasteiger charge is -2.30. The van der Waals surface area contributed by atoms with Crippen LogP contribution in [0, 0.1) is 0 Å². The Morgan fingerprint density at radius 2 is 1.88 bits per heavy atom. The number of aromatic carboxylic acids is 1. The molecule has 2 aliphatic heterocycles. The summed E-state index contributed by atoms with van der Waals surface area (Å²) in [6.07, 6.45) is 1.11. The number of hydrogen-bond donors (Lipinski definition) is 6. The van der Waals surface area contributed by atoms with Gasteiger partial charge in [-0.05, 0) is 35.7 Å². The van der Waals surface area contributed by atoms with Crippen LogP contribution in [0.3, 0.4) is 0 Å². The largest absolute Gasteiger partial charge is 0.547 e. The van der Waals surface area contributed by atoms with Gasteiger partial charge in [0.25, 0.3) is 11.5 Å². The van der Waals surface area contributed by atoms with Gasteiger partial charge >= 0.3 is 20.7 Å². The van der Waals surface area contributed by atoms with Crippen molar-refractivity contribution in [1.29, 1.82) is 0 Å². The number of amides is 2. The monoisotopic (exact) mass is 600 g/mol. The maximum Gasteiger partial charge on any atom is 0.547 e. The fraction of sp³-hybridized carbons (Fsp3) is 0.208. The molecule has 0 aliphatic carbocycles. The lowest BCUT2D eigenvalue weighted by molar-refractivity contribution is -0.123. The smallest absolute Gasteiger partial charge is 0.534 e. The second-order valence-electron chi connectivity index (χ2n) is 9.23. The first kappa shape index (κ1) is 28.6. The van der Waals surface area contributed by atoms with E-state index in [4.69, 9.17) is 4.65 Å². The van der Waals surface area contributed by atoms with Gasteiger partial charge < -0.3 is 35.2 Å². The fourth-order valence-electron chi connectivity index (χ4n) is 4.53. The van der Waals surface area contributed by atoms with Gasteiger partial charge in [-0.2, -0.15) is 0 Å². The molecular weight excluding hydrogens is 578 g/mol. The van der Waals surface area contributed by atoms with Gasteiger partial charge in [-0.25, -0.2) is 9.78 Å². The number of carbonyl (C=O) groups is 3. The topological polar surface area (TPSA) is 217 Å². The number of carbonyl (C=O) groups excluding carboxylic acids is 2. The number of rotatable bonds is 7. The van der Waals surface area contributed by atoms with Crippen LogP contribution in [0.25, 0.3) is 0 Å². The summed E-state index contributed by atoms with van der Waals surface area (Å²) in [6, 6.07) is 7.61. The number of nitrogens with zero attached hydrogens (tertiary/aromatic N) is 2.